The van der Waals surface area contributed by atoms with E-state index in [1.165, 1.54) is 19.2 Å². The van der Waals surface area contributed by atoms with Gasteiger partial charge in [-0.2, -0.15) is 0 Å². The number of H-pyrrole nitrogens is 1. The number of anilines is 1. The number of carbonyl (C=O) groups excluding carboxylic acids is 1. The van der Waals surface area contributed by atoms with E-state index in [4.69, 9.17) is 0 Å². The molecule has 0 fully saturated rings. The van der Waals surface area contributed by atoms with Crippen LogP contribution in [0.5, 0.6) is 0 Å². The van der Waals surface area contributed by atoms with E-state index in [9.17, 15) is 9.59 Å². The maximum Gasteiger partial charge on any atom is 0.271 e. The summed E-state index contributed by atoms with van der Waals surface area (Å²) in [5.74, 6) is -0.0898. The van der Waals surface area contributed by atoms with Gasteiger partial charge in [-0.25, -0.2) is 0 Å². The molecule has 2 N–H and O–H groups in total. The Morgan fingerprint density at radius 2 is 2.10 bits per heavy atom. The molecule has 2 rings (SSSR count). The molecule has 2 heterocycles. The molecule has 0 aliphatic rings. The molecule has 0 bridgehead atoms. The summed E-state index contributed by atoms with van der Waals surface area (Å²) in [5, 5.41) is 2.80. The van der Waals surface area contributed by atoms with Gasteiger partial charge in [-0.1, -0.05) is 0 Å². The first-order chi connectivity index (χ1) is 9.56. The minimum atomic E-state index is -0.248. The van der Waals surface area contributed by atoms with Crippen molar-refractivity contribution in [1.29, 1.82) is 0 Å². The zero-order valence-electron chi connectivity index (χ0n) is 11.3. The standard InChI is InChI=1S/C15H15N3O2/c1-10-5-12(8-16-7-10)13-6-14(15(20)18-9-13)17-4-3-11(2)19/h3-9,17H,1-2H3,(H,18,20)/b4-3+. The van der Waals surface area contributed by atoms with Gasteiger partial charge in [-0.15, -0.1) is 0 Å². The molecule has 0 saturated carbocycles. The molecule has 0 saturated heterocycles. The third-order valence-corrected chi connectivity index (χ3v) is 2.67. The summed E-state index contributed by atoms with van der Waals surface area (Å²) in [6, 6.07) is 3.70. The Bertz CT molecular complexity index is 717. The van der Waals surface area contributed by atoms with Crippen molar-refractivity contribution in [2.45, 2.75) is 13.8 Å². The van der Waals surface area contributed by atoms with Crippen LogP contribution in [0, 0.1) is 6.92 Å². The van der Waals surface area contributed by atoms with Crippen molar-refractivity contribution < 1.29 is 4.79 Å². The van der Waals surface area contributed by atoms with E-state index in [1.807, 2.05) is 13.0 Å². The van der Waals surface area contributed by atoms with Crippen LogP contribution in [0.25, 0.3) is 11.1 Å². The van der Waals surface area contributed by atoms with Crippen molar-refractivity contribution in [3.05, 3.63) is 58.9 Å². The zero-order valence-corrected chi connectivity index (χ0v) is 11.3. The van der Waals surface area contributed by atoms with Crippen LogP contribution < -0.4 is 10.9 Å². The van der Waals surface area contributed by atoms with Gasteiger partial charge in [0.05, 0.1) is 0 Å². The summed E-state index contributed by atoms with van der Waals surface area (Å²) in [6.07, 6.45) is 7.95. The Morgan fingerprint density at radius 3 is 2.80 bits per heavy atom. The number of nitrogens with one attached hydrogen (secondary N) is 2. The molecule has 102 valence electrons. The molecule has 0 spiro atoms. The Hall–Kier alpha value is -2.69. The van der Waals surface area contributed by atoms with E-state index in [1.54, 1.807) is 24.7 Å². The van der Waals surface area contributed by atoms with Gasteiger partial charge >= 0.3 is 0 Å². The summed E-state index contributed by atoms with van der Waals surface area (Å²) >= 11 is 0. The number of allylic oxidation sites excluding steroid dienone is 1. The summed E-state index contributed by atoms with van der Waals surface area (Å²) < 4.78 is 0. The third kappa shape index (κ3) is 3.41. The van der Waals surface area contributed by atoms with Crippen molar-refractivity contribution in [1.82, 2.24) is 9.97 Å². The monoisotopic (exact) mass is 269 g/mol. The lowest BCUT2D eigenvalue weighted by Gasteiger charge is -2.05. The number of aryl methyl sites for hydroxylation is 1. The van der Waals surface area contributed by atoms with E-state index in [-0.39, 0.29) is 11.3 Å². The number of hydrogen-bond acceptors (Lipinski definition) is 4. The fourth-order valence-corrected chi connectivity index (χ4v) is 1.72. The van der Waals surface area contributed by atoms with Crippen molar-refractivity contribution in [3.8, 4) is 11.1 Å². The summed E-state index contributed by atoms with van der Waals surface area (Å²) in [5.41, 5.74) is 2.93. The van der Waals surface area contributed by atoms with E-state index < -0.39 is 0 Å². The maximum atomic E-state index is 11.7. The van der Waals surface area contributed by atoms with Crippen LogP contribution in [-0.2, 0) is 4.79 Å². The zero-order chi connectivity index (χ0) is 14.5. The van der Waals surface area contributed by atoms with Gasteiger partial charge in [0.1, 0.15) is 5.69 Å². The molecule has 2 aromatic rings. The van der Waals surface area contributed by atoms with Crippen molar-refractivity contribution in [2.24, 2.45) is 0 Å². The van der Waals surface area contributed by atoms with Crippen LogP contribution in [-0.4, -0.2) is 15.8 Å². The molecule has 20 heavy (non-hydrogen) atoms. The first-order valence-corrected chi connectivity index (χ1v) is 6.14. The molecule has 5 heteroatoms. The fourth-order valence-electron chi connectivity index (χ4n) is 1.72. The Labute approximate surface area is 116 Å². The minimum absolute atomic E-state index is 0.0898. The molecule has 0 radical (unpaired) electrons. The van der Waals surface area contributed by atoms with Gasteiger partial charge < -0.3 is 10.3 Å². The van der Waals surface area contributed by atoms with Gasteiger partial charge in [0, 0.05) is 35.9 Å². The second-order valence-electron chi connectivity index (χ2n) is 4.47. The average molecular weight is 269 g/mol. The molecule has 2 aromatic heterocycles. The quantitative estimate of drug-likeness (QED) is 0.835. The Morgan fingerprint density at radius 1 is 1.30 bits per heavy atom. The van der Waals surface area contributed by atoms with Crippen LogP contribution in [0.4, 0.5) is 5.69 Å². The molecular formula is C15H15N3O2. The third-order valence-electron chi connectivity index (χ3n) is 2.67. The second kappa shape index (κ2) is 5.97. The van der Waals surface area contributed by atoms with Crippen LogP contribution in [0.15, 0.2) is 47.8 Å². The average Bonchev–Trinajstić information content (AvgIpc) is 2.40. The second-order valence-corrected chi connectivity index (χ2v) is 4.47. The van der Waals surface area contributed by atoms with E-state index >= 15 is 0 Å². The fraction of sp³-hybridized carbons (Fsp3) is 0.133. The molecule has 0 aliphatic carbocycles. The predicted octanol–water partition coefficient (Wildman–Crippen LogP) is 2.26. The molecule has 0 aromatic carbocycles. The normalized spacial score (nSPS) is 10.7. The molecule has 0 amide bonds. The smallest absolute Gasteiger partial charge is 0.271 e. The van der Waals surface area contributed by atoms with Crippen molar-refractivity contribution in [3.63, 3.8) is 0 Å². The van der Waals surface area contributed by atoms with E-state index in [0.717, 1.165) is 16.7 Å². The van der Waals surface area contributed by atoms with Gasteiger partial charge in [-0.05, 0) is 37.6 Å². The van der Waals surface area contributed by atoms with E-state index in [2.05, 4.69) is 15.3 Å². The number of pyridine rings is 2. The number of carbonyl (C=O) groups is 1. The summed E-state index contributed by atoms with van der Waals surface area (Å²) in [4.78, 5) is 29.3. The summed E-state index contributed by atoms with van der Waals surface area (Å²) in [7, 11) is 0. The molecule has 0 unspecified atom stereocenters. The van der Waals surface area contributed by atoms with Gasteiger partial charge in [0.2, 0.25) is 0 Å². The first-order valence-electron chi connectivity index (χ1n) is 6.14. The highest BCUT2D eigenvalue weighted by Gasteiger charge is 2.03. The largest absolute Gasteiger partial charge is 0.357 e. The number of hydrogen-bond donors (Lipinski definition) is 2. The van der Waals surface area contributed by atoms with Crippen molar-refractivity contribution >= 4 is 11.5 Å². The Balaban J connectivity index is 2.33. The lowest BCUT2D eigenvalue weighted by Crippen LogP contribution is -2.10. The maximum absolute atomic E-state index is 11.7. The lowest BCUT2D eigenvalue weighted by molar-refractivity contribution is -0.112. The topological polar surface area (TPSA) is 74.8 Å². The Kier molecular flexibility index (Phi) is 4.10. The molecule has 5 nitrogen and oxygen atoms in total. The highest BCUT2D eigenvalue weighted by Crippen LogP contribution is 2.19. The first kappa shape index (κ1) is 13.7. The molecular weight excluding hydrogens is 254 g/mol. The minimum Gasteiger partial charge on any atom is -0.357 e. The van der Waals surface area contributed by atoms with Crippen LogP contribution in [0.1, 0.15) is 12.5 Å². The van der Waals surface area contributed by atoms with Gasteiger partial charge in [0.15, 0.2) is 5.78 Å². The van der Waals surface area contributed by atoms with Gasteiger partial charge in [-0.3, -0.25) is 14.6 Å². The summed E-state index contributed by atoms with van der Waals surface area (Å²) in [6.45, 7) is 3.40. The van der Waals surface area contributed by atoms with Crippen LogP contribution >= 0.6 is 0 Å². The number of rotatable bonds is 4. The predicted molar refractivity (Wildman–Crippen MR) is 78.5 cm³/mol. The van der Waals surface area contributed by atoms with E-state index in [0.29, 0.717) is 5.69 Å². The van der Waals surface area contributed by atoms with Crippen molar-refractivity contribution in [2.75, 3.05) is 5.32 Å². The highest BCUT2D eigenvalue weighted by atomic mass is 16.1. The number of aromatic amines is 1. The number of aromatic nitrogens is 2. The lowest BCUT2D eigenvalue weighted by atomic mass is 10.1. The number of nitrogens with zero attached hydrogens (tertiary/aromatic N) is 1. The molecule has 0 aliphatic heterocycles. The van der Waals surface area contributed by atoms with Gasteiger partial charge in [0.25, 0.3) is 5.56 Å². The molecule has 0 atom stereocenters. The van der Waals surface area contributed by atoms with Crippen LogP contribution in [0.2, 0.25) is 0 Å². The number of ketones is 1. The SMILES string of the molecule is CC(=O)/C=C/Nc1cc(-c2cncc(C)c2)c[nH]c1=O. The van der Waals surface area contributed by atoms with Crippen LogP contribution in [0.3, 0.4) is 0 Å². The highest BCUT2D eigenvalue weighted by molar-refractivity contribution is 5.87.